The molecule has 0 bridgehead atoms. The number of hydrogen-bond acceptors (Lipinski definition) is 3. The van der Waals surface area contributed by atoms with E-state index in [9.17, 15) is 0 Å². The molecule has 0 aromatic carbocycles. The first-order valence-corrected chi connectivity index (χ1v) is 5.86. The van der Waals surface area contributed by atoms with Crippen molar-refractivity contribution in [3.8, 4) is 0 Å². The molecule has 1 heterocycles. The highest BCUT2D eigenvalue weighted by molar-refractivity contribution is 4.89. The number of nitrogens with one attached hydrogen (secondary N) is 1. The van der Waals surface area contributed by atoms with Gasteiger partial charge in [-0.1, -0.05) is 6.08 Å². The normalized spacial score (nSPS) is 26.5. The Morgan fingerprint density at radius 1 is 1.47 bits per heavy atom. The highest BCUT2D eigenvalue weighted by Crippen LogP contribution is 2.13. The predicted octanol–water partition coefficient (Wildman–Crippen LogP) is 0.786. The second-order valence-corrected chi connectivity index (χ2v) is 4.57. The van der Waals surface area contributed by atoms with Crippen LogP contribution in [0.5, 0.6) is 0 Å². The Bertz CT molecular complexity index is 193. The van der Waals surface area contributed by atoms with Crippen molar-refractivity contribution in [2.24, 2.45) is 0 Å². The summed E-state index contributed by atoms with van der Waals surface area (Å²) >= 11 is 0. The van der Waals surface area contributed by atoms with Crippen LogP contribution in [-0.4, -0.2) is 62.7 Å². The van der Waals surface area contributed by atoms with E-state index in [1.54, 1.807) is 0 Å². The number of likely N-dealkylation sites (N-methyl/N-ethyl adjacent to an activating group) is 3. The van der Waals surface area contributed by atoms with Gasteiger partial charge >= 0.3 is 0 Å². The van der Waals surface area contributed by atoms with Crippen molar-refractivity contribution in [2.75, 3.05) is 40.8 Å². The minimum absolute atomic E-state index is 0.579. The van der Waals surface area contributed by atoms with E-state index in [0.717, 1.165) is 6.42 Å². The number of rotatable bonds is 5. The van der Waals surface area contributed by atoms with Crippen LogP contribution in [0, 0.1) is 0 Å². The van der Waals surface area contributed by atoms with Crippen LogP contribution in [0.15, 0.2) is 12.7 Å². The van der Waals surface area contributed by atoms with Crippen molar-refractivity contribution in [3.63, 3.8) is 0 Å². The maximum atomic E-state index is 3.79. The van der Waals surface area contributed by atoms with Gasteiger partial charge in [0, 0.05) is 31.7 Å². The molecule has 88 valence electrons. The minimum atomic E-state index is 0.579. The van der Waals surface area contributed by atoms with Crippen molar-refractivity contribution in [1.82, 2.24) is 15.1 Å². The smallest absolute Gasteiger partial charge is 0.0373 e. The Kier molecular flexibility index (Phi) is 5.29. The topological polar surface area (TPSA) is 18.5 Å². The van der Waals surface area contributed by atoms with Gasteiger partial charge < -0.3 is 10.2 Å². The van der Waals surface area contributed by atoms with Crippen LogP contribution in [0.3, 0.4) is 0 Å². The van der Waals surface area contributed by atoms with Crippen molar-refractivity contribution in [1.29, 1.82) is 0 Å². The Morgan fingerprint density at radius 2 is 2.20 bits per heavy atom. The van der Waals surface area contributed by atoms with E-state index in [-0.39, 0.29) is 0 Å². The van der Waals surface area contributed by atoms with Crippen LogP contribution in [0.4, 0.5) is 0 Å². The lowest BCUT2D eigenvalue weighted by Gasteiger charge is -2.41. The lowest BCUT2D eigenvalue weighted by Crippen LogP contribution is -2.58. The average molecular weight is 211 g/mol. The number of hydrogen-bond donors (Lipinski definition) is 1. The molecule has 1 saturated heterocycles. The van der Waals surface area contributed by atoms with Crippen molar-refractivity contribution < 1.29 is 0 Å². The molecule has 15 heavy (non-hydrogen) atoms. The van der Waals surface area contributed by atoms with Gasteiger partial charge in [-0.3, -0.25) is 4.90 Å². The first-order chi connectivity index (χ1) is 7.19. The molecule has 0 saturated carbocycles. The summed E-state index contributed by atoms with van der Waals surface area (Å²) < 4.78 is 0. The monoisotopic (exact) mass is 211 g/mol. The largest absolute Gasteiger partial charge is 0.315 e. The molecule has 1 rings (SSSR count). The van der Waals surface area contributed by atoms with Crippen molar-refractivity contribution >= 4 is 0 Å². The van der Waals surface area contributed by atoms with E-state index in [1.165, 1.54) is 26.1 Å². The van der Waals surface area contributed by atoms with Gasteiger partial charge in [0.05, 0.1) is 0 Å². The highest BCUT2D eigenvalue weighted by Gasteiger charge is 2.28. The molecule has 1 aliphatic rings. The standard InChI is InChI=1S/C12H25N3/c1-5-6-7-11(13-2)12-10-14(3)8-9-15(12)4/h5,11-13H,1,6-10H2,2-4H3. The zero-order valence-corrected chi connectivity index (χ0v) is 10.4. The molecule has 3 nitrogen and oxygen atoms in total. The predicted molar refractivity (Wildman–Crippen MR) is 66.2 cm³/mol. The SMILES string of the molecule is C=CCCC(NC)C1CN(C)CCN1C. The van der Waals surface area contributed by atoms with Gasteiger partial charge in [0.25, 0.3) is 0 Å². The molecule has 0 amide bonds. The molecule has 2 unspecified atom stereocenters. The van der Waals surface area contributed by atoms with E-state index in [0.29, 0.717) is 12.1 Å². The minimum Gasteiger partial charge on any atom is -0.315 e. The molecular formula is C12H25N3. The van der Waals surface area contributed by atoms with Gasteiger partial charge in [0.2, 0.25) is 0 Å². The maximum Gasteiger partial charge on any atom is 0.0373 e. The Labute approximate surface area is 94.1 Å². The van der Waals surface area contributed by atoms with Crippen molar-refractivity contribution in [3.05, 3.63) is 12.7 Å². The number of allylic oxidation sites excluding steroid dienone is 1. The Balaban J connectivity index is 2.51. The summed E-state index contributed by atoms with van der Waals surface area (Å²) in [6.45, 7) is 7.32. The first kappa shape index (κ1) is 12.7. The fraction of sp³-hybridized carbons (Fsp3) is 0.833. The van der Waals surface area contributed by atoms with Crippen LogP contribution < -0.4 is 5.32 Å². The summed E-state index contributed by atoms with van der Waals surface area (Å²) in [6.07, 6.45) is 4.29. The number of piperazine rings is 1. The molecule has 1 aliphatic heterocycles. The molecule has 1 N–H and O–H groups in total. The summed E-state index contributed by atoms with van der Waals surface area (Å²) in [4.78, 5) is 4.90. The van der Waals surface area contributed by atoms with Gasteiger partial charge in [-0.05, 0) is 34.0 Å². The molecule has 3 heteroatoms. The third-order valence-corrected chi connectivity index (χ3v) is 3.42. The van der Waals surface area contributed by atoms with Gasteiger partial charge in [0.1, 0.15) is 0 Å². The van der Waals surface area contributed by atoms with Gasteiger partial charge in [-0.25, -0.2) is 0 Å². The lowest BCUT2D eigenvalue weighted by atomic mass is 9.99. The van der Waals surface area contributed by atoms with Crippen LogP contribution in [0.2, 0.25) is 0 Å². The van der Waals surface area contributed by atoms with E-state index < -0.39 is 0 Å². The molecule has 0 spiro atoms. The maximum absolute atomic E-state index is 3.79. The average Bonchev–Trinajstić information content (AvgIpc) is 2.24. The van der Waals surface area contributed by atoms with E-state index >= 15 is 0 Å². The molecule has 0 aromatic heterocycles. The molecule has 0 aromatic rings. The molecule has 1 fully saturated rings. The van der Waals surface area contributed by atoms with Crippen LogP contribution >= 0.6 is 0 Å². The van der Waals surface area contributed by atoms with Crippen LogP contribution in [0.25, 0.3) is 0 Å². The highest BCUT2D eigenvalue weighted by atomic mass is 15.3. The summed E-state index contributed by atoms with van der Waals surface area (Å²) in [6, 6.07) is 1.21. The lowest BCUT2D eigenvalue weighted by molar-refractivity contribution is 0.0877. The van der Waals surface area contributed by atoms with Crippen molar-refractivity contribution in [2.45, 2.75) is 24.9 Å². The Morgan fingerprint density at radius 3 is 2.80 bits per heavy atom. The van der Waals surface area contributed by atoms with Crippen LogP contribution in [-0.2, 0) is 0 Å². The molecule has 0 radical (unpaired) electrons. The second-order valence-electron chi connectivity index (χ2n) is 4.57. The second kappa shape index (κ2) is 6.26. The third kappa shape index (κ3) is 3.59. The summed E-state index contributed by atoms with van der Waals surface area (Å²) in [7, 11) is 6.51. The summed E-state index contributed by atoms with van der Waals surface area (Å²) in [5.74, 6) is 0. The summed E-state index contributed by atoms with van der Waals surface area (Å²) in [5, 5.41) is 3.44. The summed E-state index contributed by atoms with van der Waals surface area (Å²) in [5.41, 5.74) is 0. The van der Waals surface area contributed by atoms with Gasteiger partial charge in [-0.2, -0.15) is 0 Å². The van der Waals surface area contributed by atoms with E-state index in [4.69, 9.17) is 0 Å². The van der Waals surface area contributed by atoms with Gasteiger partial charge in [0.15, 0.2) is 0 Å². The fourth-order valence-electron chi connectivity index (χ4n) is 2.31. The number of nitrogens with zero attached hydrogens (tertiary/aromatic N) is 2. The van der Waals surface area contributed by atoms with E-state index in [2.05, 4.69) is 42.8 Å². The van der Waals surface area contributed by atoms with Gasteiger partial charge in [-0.15, -0.1) is 6.58 Å². The third-order valence-electron chi connectivity index (χ3n) is 3.42. The molecular weight excluding hydrogens is 186 g/mol. The Hall–Kier alpha value is -0.380. The quantitative estimate of drug-likeness (QED) is 0.678. The van der Waals surface area contributed by atoms with E-state index in [1.807, 2.05) is 6.08 Å². The first-order valence-electron chi connectivity index (χ1n) is 5.86. The fourth-order valence-corrected chi connectivity index (χ4v) is 2.31. The zero-order valence-electron chi connectivity index (χ0n) is 10.4. The van der Waals surface area contributed by atoms with Crippen LogP contribution in [0.1, 0.15) is 12.8 Å². The zero-order chi connectivity index (χ0) is 11.3. The molecule has 2 atom stereocenters. The molecule has 0 aliphatic carbocycles.